The first-order valence-corrected chi connectivity index (χ1v) is 7.47. The zero-order valence-corrected chi connectivity index (χ0v) is 11.6. The van der Waals surface area contributed by atoms with Gasteiger partial charge in [-0.15, -0.1) is 0 Å². The molecule has 20 heavy (non-hydrogen) atoms. The van der Waals surface area contributed by atoms with E-state index < -0.39 is 5.79 Å². The van der Waals surface area contributed by atoms with Gasteiger partial charge in [0.15, 0.2) is 5.79 Å². The number of ether oxygens (including phenoxy) is 2. The van der Waals surface area contributed by atoms with Crippen LogP contribution in [0.25, 0.3) is 5.57 Å². The van der Waals surface area contributed by atoms with Gasteiger partial charge in [0.05, 0.1) is 19.8 Å². The van der Waals surface area contributed by atoms with Gasteiger partial charge >= 0.3 is 0 Å². The molecule has 3 nitrogen and oxygen atoms in total. The van der Waals surface area contributed by atoms with Crippen LogP contribution in [-0.4, -0.2) is 30.7 Å². The van der Waals surface area contributed by atoms with Crippen LogP contribution in [0.3, 0.4) is 0 Å². The molecule has 0 saturated carbocycles. The Kier molecular flexibility index (Phi) is 2.78. The number of fused-ring (bicyclic) bond motifs is 3. The van der Waals surface area contributed by atoms with Crippen molar-refractivity contribution in [1.29, 1.82) is 0 Å². The van der Waals surface area contributed by atoms with Gasteiger partial charge in [-0.1, -0.05) is 24.3 Å². The monoisotopic (exact) mass is 272 g/mol. The van der Waals surface area contributed by atoms with Gasteiger partial charge in [0.1, 0.15) is 0 Å². The second-order valence-corrected chi connectivity index (χ2v) is 6.16. The highest BCUT2D eigenvalue weighted by Gasteiger charge is 2.48. The van der Waals surface area contributed by atoms with E-state index in [1.807, 2.05) is 0 Å². The van der Waals surface area contributed by atoms with E-state index >= 15 is 0 Å². The van der Waals surface area contributed by atoms with Crippen molar-refractivity contribution >= 4 is 5.57 Å². The van der Waals surface area contributed by atoms with Gasteiger partial charge in [-0.2, -0.15) is 0 Å². The normalized spacial score (nSPS) is 30.8. The molecular formula is C17H20O3. The molecule has 1 heterocycles. The van der Waals surface area contributed by atoms with Crippen molar-refractivity contribution in [3.05, 3.63) is 41.5 Å². The first-order valence-electron chi connectivity index (χ1n) is 7.47. The Bertz CT molecular complexity index is 557. The Morgan fingerprint density at radius 1 is 1.05 bits per heavy atom. The lowest BCUT2D eigenvalue weighted by Crippen LogP contribution is -2.41. The van der Waals surface area contributed by atoms with Crippen LogP contribution in [-0.2, 0) is 15.9 Å². The molecule has 0 radical (unpaired) electrons. The van der Waals surface area contributed by atoms with E-state index in [1.54, 1.807) is 0 Å². The quantitative estimate of drug-likeness (QED) is 0.854. The van der Waals surface area contributed by atoms with Gasteiger partial charge in [0.25, 0.3) is 0 Å². The highest BCUT2D eigenvalue weighted by molar-refractivity contribution is 5.76. The molecule has 1 fully saturated rings. The van der Waals surface area contributed by atoms with E-state index in [2.05, 4.69) is 30.3 Å². The van der Waals surface area contributed by atoms with Crippen molar-refractivity contribution in [2.24, 2.45) is 5.41 Å². The lowest BCUT2D eigenvalue weighted by molar-refractivity contribution is -0.132. The summed E-state index contributed by atoms with van der Waals surface area (Å²) in [5.74, 6) is -0.543. The summed E-state index contributed by atoms with van der Waals surface area (Å²) in [4.78, 5) is 0. The molecule has 106 valence electrons. The molecule has 3 heteroatoms. The number of aliphatic hydroxyl groups is 1. The minimum Gasteiger partial charge on any atom is -0.395 e. The summed E-state index contributed by atoms with van der Waals surface area (Å²) in [7, 11) is 0. The second-order valence-electron chi connectivity index (χ2n) is 6.16. The van der Waals surface area contributed by atoms with E-state index in [0.29, 0.717) is 13.2 Å². The van der Waals surface area contributed by atoms with Gasteiger partial charge in [-0.05, 0) is 42.0 Å². The van der Waals surface area contributed by atoms with Crippen molar-refractivity contribution in [2.75, 3.05) is 19.8 Å². The highest BCUT2D eigenvalue weighted by Crippen LogP contribution is 2.53. The highest BCUT2D eigenvalue weighted by atomic mass is 16.7. The number of aliphatic hydroxyl groups excluding tert-OH is 1. The minimum absolute atomic E-state index is 0.102. The first-order chi connectivity index (χ1) is 9.77. The largest absolute Gasteiger partial charge is 0.395 e. The summed E-state index contributed by atoms with van der Waals surface area (Å²) in [5, 5.41) is 10.0. The molecule has 0 bridgehead atoms. The Morgan fingerprint density at radius 3 is 2.65 bits per heavy atom. The van der Waals surface area contributed by atoms with Crippen LogP contribution in [0.5, 0.6) is 0 Å². The molecule has 4 rings (SSSR count). The fraction of sp³-hybridized carbons (Fsp3) is 0.529. The summed E-state index contributed by atoms with van der Waals surface area (Å²) in [5.41, 5.74) is 3.77. The number of hydrogen-bond donors (Lipinski definition) is 1. The Balaban J connectivity index is 1.87. The molecule has 1 aliphatic heterocycles. The molecule has 1 aromatic carbocycles. The maximum atomic E-state index is 10.0. The summed E-state index contributed by atoms with van der Waals surface area (Å²) in [6.45, 7) is 1.54. The summed E-state index contributed by atoms with van der Waals surface area (Å²) in [6.07, 6.45) is 5.99. The summed E-state index contributed by atoms with van der Waals surface area (Å²) in [6, 6.07) is 8.52. The van der Waals surface area contributed by atoms with Gasteiger partial charge in [0.2, 0.25) is 0 Å². The van der Waals surface area contributed by atoms with Crippen LogP contribution >= 0.6 is 0 Å². The first kappa shape index (κ1) is 12.6. The minimum atomic E-state index is -0.543. The molecule has 0 aromatic heterocycles. The SMILES string of the molecule is OCC12CCc3ccccc3C1=CC1(CC2)OCCO1. The lowest BCUT2D eigenvalue weighted by atomic mass is 9.62. The summed E-state index contributed by atoms with van der Waals surface area (Å²) >= 11 is 0. The number of rotatable bonds is 1. The van der Waals surface area contributed by atoms with Gasteiger partial charge in [-0.25, -0.2) is 0 Å². The van der Waals surface area contributed by atoms with E-state index in [-0.39, 0.29) is 12.0 Å². The zero-order chi connectivity index (χ0) is 13.6. The maximum Gasteiger partial charge on any atom is 0.188 e. The van der Waals surface area contributed by atoms with Crippen molar-refractivity contribution in [1.82, 2.24) is 0 Å². The fourth-order valence-corrected chi connectivity index (χ4v) is 3.93. The van der Waals surface area contributed by atoms with Gasteiger partial charge < -0.3 is 14.6 Å². The second kappa shape index (κ2) is 4.42. The van der Waals surface area contributed by atoms with Crippen molar-refractivity contribution in [3.8, 4) is 0 Å². The predicted molar refractivity (Wildman–Crippen MR) is 76.1 cm³/mol. The van der Waals surface area contributed by atoms with Crippen molar-refractivity contribution < 1.29 is 14.6 Å². The number of benzene rings is 1. The van der Waals surface area contributed by atoms with Crippen LogP contribution in [0.1, 0.15) is 30.4 Å². The molecule has 1 saturated heterocycles. The van der Waals surface area contributed by atoms with Crippen LogP contribution in [0.4, 0.5) is 0 Å². The standard InChI is InChI=1S/C17H20O3/c18-12-16-6-5-13-3-1-2-4-14(13)15(16)11-17(8-7-16)19-9-10-20-17/h1-4,11,18H,5-10,12H2. The van der Waals surface area contributed by atoms with Crippen LogP contribution in [0, 0.1) is 5.41 Å². The summed E-state index contributed by atoms with van der Waals surface area (Å²) < 4.78 is 11.7. The molecule has 1 atom stereocenters. The maximum absolute atomic E-state index is 10.0. The van der Waals surface area contributed by atoms with E-state index in [0.717, 1.165) is 25.7 Å². The van der Waals surface area contributed by atoms with E-state index in [1.165, 1.54) is 16.7 Å². The molecule has 1 unspecified atom stereocenters. The molecule has 1 aromatic rings. The zero-order valence-electron chi connectivity index (χ0n) is 11.6. The third kappa shape index (κ3) is 1.70. The molecular weight excluding hydrogens is 252 g/mol. The van der Waals surface area contributed by atoms with Crippen molar-refractivity contribution in [3.63, 3.8) is 0 Å². The van der Waals surface area contributed by atoms with Crippen LogP contribution in [0.15, 0.2) is 30.3 Å². The van der Waals surface area contributed by atoms with Gasteiger partial charge in [-0.3, -0.25) is 0 Å². The molecule has 3 aliphatic rings. The van der Waals surface area contributed by atoms with Crippen LogP contribution in [0.2, 0.25) is 0 Å². The lowest BCUT2D eigenvalue weighted by Gasteiger charge is -2.45. The van der Waals surface area contributed by atoms with E-state index in [4.69, 9.17) is 9.47 Å². The third-order valence-electron chi connectivity index (χ3n) is 5.15. The molecule has 1 N–H and O–H groups in total. The molecule has 1 spiro atoms. The average Bonchev–Trinajstić information content (AvgIpc) is 2.96. The predicted octanol–water partition coefficient (Wildman–Crippen LogP) is 2.53. The van der Waals surface area contributed by atoms with Crippen LogP contribution < -0.4 is 0 Å². The Hall–Kier alpha value is -1.16. The van der Waals surface area contributed by atoms with E-state index in [9.17, 15) is 5.11 Å². The van der Waals surface area contributed by atoms with Crippen molar-refractivity contribution in [2.45, 2.75) is 31.5 Å². The topological polar surface area (TPSA) is 38.7 Å². The smallest absolute Gasteiger partial charge is 0.188 e. The molecule has 0 amide bonds. The Morgan fingerprint density at radius 2 is 1.85 bits per heavy atom. The molecule has 2 aliphatic carbocycles. The number of hydrogen-bond acceptors (Lipinski definition) is 3. The fourth-order valence-electron chi connectivity index (χ4n) is 3.93. The number of aryl methyl sites for hydroxylation is 1. The average molecular weight is 272 g/mol. The van der Waals surface area contributed by atoms with Gasteiger partial charge in [0, 0.05) is 11.8 Å². The Labute approximate surface area is 119 Å². The third-order valence-corrected chi connectivity index (χ3v) is 5.15.